The molecule has 0 fully saturated rings. The first-order valence-corrected chi connectivity index (χ1v) is 6.73. The third kappa shape index (κ3) is 2.57. The summed E-state index contributed by atoms with van der Waals surface area (Å²) in [5.74, 6) is 0. The molecule has 17 heavy (non-hydrogen) atoms. The second-order valence-corrected chi connectivity index (χ2v) is 5.61. The fourth-order valence-corrected chi connectivity index (χ4v) is 2.26. The molecule has 1 aromatic carbocycles. The zero-order valence-corrected chi connectivity index (χ0v) is 12.8. The van der Waals surface area contributed by atoms with Crippen LogP contribution in [-0.2, 0) is 0 Å². The molecule has 0 amide bonds. The number of rotatable bonds is 1. The van der Waals surface area contributed by atoms with E-state index in [-0.39, 0.29) is 5.56 Å². The summed E-state index contributed by atoms with van der Waals surface area (Å²) in [6, 6.07) is 4.84. The van der Waals surface area contributed by atoms with E-state index >= 15 is 0 Å². The van der Waals surface area contributed by atoms with E-state index in [1.54, 1.807) is 18.2 Å². The van der Waals surface area contributed by atoms with E-state index in [1.807, 2.05) is 0 Å². The molecule has 3 nitrogen and oxygen atoms in total. The van der Waals surface area contributed by atoms with Crippen molar-refractivity contribution in [3.05, 3.63) is 53.7 Å². The highest BCUT2D eigenvalue weighted by molar-refractivity contribution is 9.13. The fourth-order valence-electron chi connectivity index (χ4n) is 1.24. The van der Waals surface area contributed by atoms with Gasteiger partial charge in [-0.2, -0.15) is 9.78 Å². The lowest BCUT2D eigenvalue weighted by Crippen LogP contribution is -2.22. The van der Waals surface area contributed by atoms with Crippen molar-refractivity contribution in [2.45, 2.75) is 0 Å². The lowest BCUT2D eigenvalue weighted by Gasteiger charge is -2.07. The zero-order chi connectivity index (χ0) is 12.6. The summed E-state index contributed by atoms with van der Waals surface area (Å²) in [5, 5.41) is 4.86. The summed E-state index contributed by atoms with van der Waals surface area (Å²) in [7, 11) is 0. The minimum atomic E-state index is -0.302. The van der Waals surface area contributed by atoms with Crippen molar-refractivity contribution in [1.29, 1.82) is 0 Å². The van der Waals surface area contributed by atoms with Gasteiger partial charge < -0.3 is 0 Å². The molecule has 0 atom stereocenters. The molecule has 0 saturated heterocycles. The third-order valence-electron chi connectivity index (χ3n) is 2.01. The maximum atomic E-state index is 12.0. The SMILES string of the molecule is O=c1c(Br)c(Br)cnn1-c1ccc(Cl)cc1Cl. The summed E-state index contributed by atoms with van der Waals surface area (Å²) in [6.45, 7) is 0. The molecule has 7 heteroatoms. The van der Waals surface area contributed by atoms with Crippen molar-refractivity contribution in [2.75, 3.05) is 0 Å². The highest BCUT2D eigenvalue weighted by atomic mass is 79.9. The molecular weight excluding hydrogens is 395 g/mol. The minimum absolute atomic E-state index is 0.302. The van der Waals surface area contributed by atoms with Crippen LogP contribution in [0, 0.1) is 0 Å². The van der Waals surface area contributed by atoms with Gasteiger partial charge in [-0.05, 0) is 50.1 Å². The Morgan fingerprint density at radius 1 is 1.24 bits per heavy atom. The Labute approximate surface area is 124 Å². The molecule has 88 valence electrons. The standard InChI is InChI=1S/C10H4Br2Cl2N2O/c11-6-4-15-16(10(17)9(6)12)8-2-1-5(13)3-7(8)14/h1-4H. The first kappa shape index (κ1) is 13.1. The smallest absolute Gasteiger partial charge is 0.266 e. The lowest BCUT2D eigenvalue weighted by molar-refractivity contribution is 0.796. The number of aromatic nitrogens is 2. The van der Waals surface area contributed by atoms with E-state index in [0.29, 0.717) is 24.7 Å². The Morgan fingerprint density at radius 2 is 1.94 bits per heavy atom. The van der Waals surface area contributed by atoms with Gasteiger partial charge in [0.05, 0.1) is 21.4 Å². The van der Waals surface area contributed by atoms with Crippen LogP contribution in [0.5, 0.6) is 0 Å². The fraction of sp³-hybridized carbons (Fsp3) is 0. The van der Waals surface area contributed by atoms with Crippen molar-refractivity contribution >= 4 is 55.1 Å². The Balaban J connectivity index is 2.70. The molecule has 2 aromatic rings. The highest BCUT2D eigenvalue weighted by Crippen LogP contribution is 2.24. The Morgan fingerprint density at radius 3 is 2.59 bits per heavy atom. The maximum Gasteiger partial charge on any atom is 0.286 e. The highest BCUT2D eigenvalue weighted by Gasteiger charge is 2.11. The van der Waals surface area contributed by atoms with Gasteiger partial charge in [-0.15, -0.1) is 0 Å². The molecule has 0 bridgehead atoms. The van der Waals surface area contributed by atoms with Gasteiger partial charge in [0, 0.05) is 5.02 Å². The third-order valence-corrected chi connectivity index (χ3v) is 4.45. The van der Waals surface area contributed by atoms with E-state index in [2.05, 4.69) is 37.0 Å². The summed E-state index contributed by atoms with van der Waals surface area (Å²) in [4.78, 5) is 12.0. The van der Waals surface area contributed by atoms with Crippen LogP contribution in [-0.4, -0.2) is 9.78 Å². The van der Waals surface area contributed by atoms with Gasteiger partial charge in [-0.3, -0.25) is 4.79 Å². The summed E-state index contributed by atoms with van der Waals surface area (Å²) >= 11 is 18.2. The molecule has 1 heterocycles. The van der Waals surface area contributed by atoms with Crippen molar-refractivity contribution in [1.82, 2.24) is 9.78 Å². The average molecular weight is 399 g/mol. The Kier molecular flexibility index (Phi) is 3.92. The number of halogens is 4. The van der Waals surface area contributed by atoms with Crippen LogP contribution in [0.15, 0.2) is 38.1 Å². The van der Waals surface area contributed by atoms with Crippen molar-refractivity contribution in [2.24, 2.45) is 0 Å². The average Bonchev–Trinajstić information content (AvgIpc) is 2.28. The molecule has 0 saturated carbocycles. The van der Waals surface area contributed by atoms with Crippen LogP contribution in [0.25, 0.3) is 5.69 Å². The van der Waals surface area contributed by atoms with Crippen LogP contribution in [0.3, 0.4) is 0 Å². The monoisotopic (exact) mass is 396 g/mol. The van der Waals surface area contributed by atoms with E-state index < -0.39 is 0 Å². The van der Waals surface area contributed by atoms with Gasteiger partial charge in [-0.25, -0.2) is 0 Å². The van der Waals surface area contributed by atoms with Gasteiger partial charge in [0.2, 0.25) is 0 Å². The van der Waals surface area contributed by atoms with Crippen molar-refractivity contribution < 1.29 is 0 Å². The Bertz CT molecular complexity index is 643. The molecule has 0 aliphatic rings. The zero-order valence-electron chi connectivity index (χ0n) is 8.12. The van der Waals surface area contributed by atoms with E-state index in [9.17, 15) is 4.79 Å². The van der Waals surface area contributed by atoms with Crippen LogP contribution < -0.4 is 5.56 Å². The molecule has 0 aliphatic carbocycles. The summed E-state index contributed by atoms with van der Waals surface area (Å²) < 4.78 is 2.18. The lowest BCUT2D eigenvalue weighted by atomic mass is 10.3. The molecule has 0 unspecified atom stereocenters. The van der Waals surface area contributed by atoms with Crippen LogP contribution in [0.4, 0.5) is 0 Å². The van der Waals surface area contributed by atoms with Gasteiger partial charge in [0.25, 0.3) is 5.56 Å². The number of hydrogen-bond acceptors (Lipinski definition) is 2. The molecule has 0 N–H and O–H groups in total. The first-order valence-electron chi connectivity index (χ1n) is 4.39. The van der Waals surface area contributed by atoms with Crippen molar-refractivity contribution in [3.63, 3.8) is 0 Å². The molecular formula is C10H4Br2Cl2N2O. The number of nitrogens with zero attached hydrogens (tertiary/aromatic N) is 2. The normalized spacial score (nSPS) is 10.6. The van der Waals surface area contributed by atoms with Gasteiger partial charge in [0.15, 0.2) is 0 Å². The molecule has 2 rings (SSSR count). The molecule has 0 spiro atoms. The number of benzene rings is 1. The maximum absolute atomic E-state index is 12.0. The van der Waals surface area contributed by atoms with Crippen LogP contribution >= 0.6 is 55.1 Å². The topological polar surface area (TPSA) is 34.9 Å². The summed E-state index contributed by atoms with van der Waals surface area (Å²) in [5.41, 5.74) is 0.179. The second-order valence-electron chi connectivity index (χ2n) is 3.12. The minimum Gasteiger partial charge on any atom is -0.266 e. The van der Waals surface area contributed by atoms with Crippen molar-refractivity contribution in [3.8, 4) is 5.69 Å². The first-order chi connectivity index (χ1) is 8.00. The predicted octanol–water partition coefficient (Wildman–Crippen LogP) is 4.06. The largest absolute Gasteiger partial charge is 0.286 e. The number of hydrogen-bond donors (Lipinski definition) is 0. The summed E-state index contributed by atoms with van der Waals surface area (Å²) in [6.07, 6.45) is 1.51. The van der Waals surface area contributed by atoms with E-state index in [4.69, 9.17) is 23.2 Å². The van der Waals surface area contributed by atoms with E-state index in [1.165, 1.54) is 10.9 Å². The quantitative estimate of drug-likeness (QED) is 0.726. The molecule has 0 aliphatic heterocycles. The van der Waals surface area contributed by atoms with Crippen LogP contribution in [0.2, 0.25) is 10.0 Å². The molecule has 1 aromatic heterocycles. The second kappa shape index (κ2) is 5.10. The predicted molar refractivity (Wildman–Crippen MR) is 75.3 cm³/mol. The molecule has 0 radical (unpaired) electrons. The van der Waals surface area contributed by atoms with Gasteiger partial charge >= 0.3 is 0 Å². The Hall–Kier alpha value is -0.360. The van der Waals surface area contributed by atoms with Gasteiger partial charge in [-0.1, -0.05) is 23.2 Å². The van der Waals surface area contributed by atoms with Gasteiger partial charge in [0.1, 0.15) is 4.47 Å². The van der Waals surface area contributed by atoms with Crippen LogP contribution in [0.1, 0.15) is 0 Å². The van der Waals surface area contributed by atoms with E-state index in [0.717, 1.165) is 0 Å².